The Hall–Kier alpha value is -1.81. The number of hydrogen-bond donors (Lipinski definition) is 1. The van der Waals surface area contributed by atoms with Gasteiger partial charge < -0.3 is 14.7 Å². The van der Waals surface area contributed by atoms with Gasteiger partial charge in [-0.1, -0.05) is 12.1 Å². The van der Waals surface area contributed by atoms with Crippen molar-refractivity contribution in [2.24, 2.45) is 0 Å². The van der Waals surface area contributed by atoms with E-state index < -0.39 is 5.97 Å². The van der Waals surface area contributed by atoms with E-state index >= 15 is 0 Å². The summed E-state index contributed by atoms with van der Waals surface area (Å²) in [6.07, 6.45) is 3.70. The van der Waals surface area contributed by atoms with Gasteiger partial charge >= 0.3 is 5.97 Å². The molecule has 4 heteroatoms. The fraction of sp³-hybridized carbons (Fsp3) is 0.357. The normalized spacial score (nSPS) is 10.8. The van der Waals surface area contributed by atoms with Gasteiger partial charge in [0, 0.05) is 39.1 Å². The lowest BCUT2D eigenvalue weighted by atomic mass is 10.2. The maximum absolute atomic E-state index is 10.4. The molecular formula is C14H19NO3. The molecule has 0 bridgehead atoms. The Bertz CT molecular complexity index is 398. The number of ether oxygens (including phenoxy) is 1. The second-order valence-electron chi connectivity index (χ2n) is 4.03. The van der Waals surface area contributed by atoms with Gasteiger partial charge in [-0.15, -0.1) is 0 Å². The first-order chi connectivity index (χ1) is 8.63. The molecule has 0 aliphatic carbocycles. The van der Waals surface area contributed by atoms with Gasteiger partial charge in [0.25, 0.3) is 0 Å². The van der Waals surface area contributed by atoms with Crippen molar-refractivity contribution in [2.75, 3.05) is 32.2 Å². The zero-order valence-electron chi connectivity index (χ0n) is 10.8. The van der Waals surface area contributed by atoms with Crippen molar-refractivity contribution >= 4 is 17.7 Å². The van der Waals surface area contributed by atoms with Crippen LogP contribution in [0.4, 0.5) is 5.69 Å². The van der Waals surface area contributed by atoms with Crippen molar-refractivity contribution in [3.05, 3.63) is 35.9 Å². The molecule has 1 aromatic rings. The van der Waals surface area contributed by atoms with Gasteiger partial charge in [-0.3, -0.25) is 0 Å². The van der Waals surface area contributed by atoms with Crippen LogP contribution >= 0.6 is 0 Å². The third-order valence-electron chi connectivity index (χ3n) is 2.59. The highest BCUT2D eigenvalue weighted by Crippen LogP contribution is 2.14. The van der Waals surface area contributed by atoms with Crippen molar-refractivity contribution in [3.8, 4) is 0 Å². The zero-order chi connectivity index (χ0) is 13.4. The molecule has 1 rings (SSSR count). The van der Waals surface area contributed by atoms with Gasteiger partial charge in [0.15, 0.2) is 0 Å². The summed E-state index contributed by atoms with van der Waals surface area (Å²) in [7, 11) is 3.72. The van der Waals surface area contributed by atoms with Gasteiger partial charge in [0.05, 0.1) is 0 Å². The summed E-state index contributed by atoms with van der Waals surface area (Å²) in [4.78, 5) is 12.5. The molecule has 0 unspecified atom stereocenters. The van der Waals surface area contributed by atoms with E-state index in [1.54, 1.807) is 13.2 Å². The Kier molecular flexibility index (Phi) is 5.94. The van der Waals surface area contributed by atoms with Crippen LogP contribution in [0.15, 0.2) is 30.3 Å². The van der Waals surface area contributed by atoms with E-state index in [1.165, 1.54) is 0 Å². The van der Waals surface area contributed by atoms with E-state index in [1.807, 2.05) is 31.3 Å². The minimum absolute atomic E-state index is 0.754. The highest BCUT2D eigenvalue weighted by molar-refractivity contribution is 5.85. The average molecular weight is 249 g/mol. The first-order valence-corrected chi connectivity index (χ1v) is 5.84. The molecule has 0 radical (unpaired) electrons. The largest absolute Gasteiger partial charge is 0.478 e. The maximum Gasteiger partial charge on any atom is 0.328 e. The SMILES string of the molecule is COCCCN(C)c1ccc(C=CC(=O)O)cc1. The number of carboxylic acid groups (broad SMARTS) is 1. The number of methoxy groups -OCH3 is 1. The van der Waals surface area contributed by atoms with Gasteiger partial charge in [0.2, 0.25) is 0 Å². The van der Waals surface area contributed by atoms with E-state index in [9.17, 15) is 4.79 Å². The lowest BCUT2D eigenvalue weighted by molar-refractivity contribution is -0.131. The fourth-order valence-corrected chi connectivity index (χ4v) is 1.58. The molecule has 0 aliphatic heterocycles. The van der Waals surface area contributed by atoms with Crippen LogP contribution in [-0.4, -0.2) is 38.4 Å². The minimum Gasteiger partial charge on any atom is -0.478 e. The van der Waals surface area contributed by atoms with Crippen molar-refractivity contribution in [1.29, 1.82) is 0 Å². The van der Waals surface area contributed by atoms with E-state index in [0.717, 1.165) is 36.9 Å². The second-order valence-corrected chi connectivity index (χ2v) is 4.03. The number of aliphatic carboxylic acids is 1. The number of nitrogens with zero attached hydrogens (tertiary/aromatic N) is 1. The molecule has 0 fully saturated rings. The first kappa shape index (κ1) is 14.3. The van der Waals surface area contributed by atoms with Crippen LogP contribution in [0.2, 0.25) is 0 Å². The van der Waals surface area contributed by atoms with Crippen LogP contribution in [0.25, 0.3) is 6.08 Å². The number of rotatable bonds is 7. The lowest BCUT2D eigenvalue weighted by Gasteiger charge is -2.19. The molecular weight excluding hydrogens is 230 g/mol. The molecule has 0 aliphatic rings. The molecule has 1 N–H and O–H groups in total. The summed E-state index contributed by atoms with van der Waals surface area (Å²) in [5.74, 6) is -0.934. The summed E-state index contributed by atoms with van der Waals surface area (Å²) in [5.41, 5.74) is 1.99. The molecule has 98 valence electrons. The molecule has 0 heterocycles. The van der Waals surface area contributed by atoms with Crippen LogP contribution < -0.4 is 4.90 Å². The topological polar surface area (TPSA) is 49.8 Å². The predicted octanol–water partition coefficient (Wildman–Crippen LogP) is 2.26. The summed E-state index contributed by atoms with van der Waals surface area (Å²) in [6.45, 7) is 1.68. The van der Waals surface area contributed by atoms with Gasteiger partial charge in [-0.05, 0) is 30.2 Å². The smallest absolute Gasteiger partial charge is 0.328 e. The van der Waals surface area contributed by atoms with E-state index in [0.29, 0.717) is 0 Å². The molecule has 4 nitrogen and oxygen atoms in total. The van der Waals surface area contributed by atoms with Crippen LogP contribution in [0.5, 0.6) is 0 Å². The summed E-state index contributed by atoms with van der Waals surface area (Å²) >= 11 is 0. The average Bonchev–Trinajstić information content (AvgIpc) is 2.37. The fourth-order valence-electron chi connectivity index (χ4n) is 1.58. The molecule has 0 amide bonds. The summed E-state index contributed by atoms with van der Waals surface area (Å²) < 4.78 is 5.01. The summed E-state index contributed by atoms with van der Waals surface area (Å²) in [5, 5.41) is 8.53. The Balaban J connectivity index is 2.56. The number of benzene rings is 1. The zero-order valence-corrected chi connectivity index (χ0v) is 10.8. The van der Waals surface area contributed by atoms with Gasteiger partial charge in [-0.2, -0.15) is 0 Å². The van der Waals surface area contributed by atoms with E-state index in [-0.39, 0.29) is 0 Å². The van der Waals surface area contributed by atoms with E-state index in [4.69, 9.17) is 9.84 Å². The van der Waals surface area contributed by atoms with Gasteiger partial charge in [0.1, 0.15) is 0 Å². The highest BCUT2D eigenvalue weighted by Gasteiger charge is 2.00. The molecule has 18 heavy (non-hydrogen) atoms. The molecule has 0 saturated heterocycles. The number of anilines is 1. The standard InChI is InChI=1S/C14H19NO3/c1-15(10-3-11-18-2)13-7-4-12(5-8-13)6-9-14(16)17/h4-9H,3,10-11H2,1-2H3,(H,16,17). The monoisotopic (exact) mass is 249 g/mol. The third kappa shape index (κ3) is 5.01. The maximum atomic E-state index is 10.4. The molecule has 0 saturated carbocycles. The Morgan fingerprint density at radius 2 is 2.06 bits per heavy atom. The third-order valence-corrected chi connectivity index (χ3v) is 2.59. The van der Waals surface area contributed by atoms with Crippen LogP contribution in [0.3, 0.4) is 0 Å². The Morgan fingerprint density at radius 3 is 2.61 bits per heavy atom. The van der Waals surface area contributed by atoms with Crippen molar-refractivity contribution in [1.82, 2.24) is 0 Å². The Morgan fingerprint density at radius 1 is 1.39 bits per heavy atom. The number of carboxylic acids is 1. The van der Waals surface area contributed by atoms with Crippen molar-refractivity contribution in [2.45, 2.75) is 6.42 Å². The predicted molar refractivity (Wildman–Crippen MR) is 72.9 cm³/mol. The van der Waals surface area contributed by atoms with Gasteiger partial charge in [-0.25, -0.2) is 4.79 Å². The number of carbonyl (C=O) groups is 1. The second kappa shape index (κ2) is 7.50. The van der Waals surface area contributed by atoms with Crippen LogP contribution in [0, 0.1) is 0 Å². The van der Waals surface area contributed by atoms with Crippen molar-refractivity contribution in [3.63, 3.8) is 0 Å². The lowest BCUT2D eigenvalue weighted by Crippen LogP contribution is -2.19. The van der Waals surface area contributed by atoms with Crippen LogP contribution in [-0.2, 0) is 9.53 Å². The number of hydrogen-bond acceptors (Lipinski definition) is 3. The first-order valence-electron chi connectivity index (χ1n) is 5.84. The molecule has 0 spiro atoms. The minimum atomic E-state index is -0.934. The Labute approximate surface area is 107 Å². The summed E-state index contributed by atoms with van der Waals surface area (Å²) in [6, 6.07) is 7.77. The van der Waals surface area contributed by atoms with Crippen molar-refractivity contribution < 1.29 is 14.6 Å². The quantitative estimate of drug-likeness (QED) is 0.595. The van der Waals surface area contributed by atoms with E-state index in [2.05, 4.69) is 4.90 Å². The van der Waals surface area contributed by atoms with Crippen LogP contribution in [0.1, 0.15) is 12.0 Å². The molecule has 1 aromatic carbocycles. The molecule has 0 atom stereocenters. The highest BCUT2D eigenvalue weighted by atomic mass is 16.5. The molecule has 0 aromatic heterocycles.